The Morgan fingerprint density at radius 3 is 2.85 bits per heavy atom. The number of anilines is 1. The first-order valence-corrected chi connectivity index (χ1v) is 6.37. The van der Waals surface area contributed by atoms with Crippen LogP contribution in [0.25, 0.3) is 16.7 Å². The van der Waals surface area contributed by atoms with Crippen LogP contribution in [0.2, 0.25) is 0 Å². The van der Waals surface area contributed by atoms with Gasteiger partial charge in [-0.25, -0.2) is 4.98 Å². The molecule has 5 heteroatoms. The minimum absolute atomic E-state index is 0.262. The van der Waals surface area contributed by atoms with Gasteiger partial charge in [0.25, 0.3) is 0 Å². The molecule has 0 bridgehead atoms. The van der Waals surface area contributed by atoms with Crippen LogP contribution in [0, 0.1) is 6.92 Å². The normalized spacial score (nSPS) is 13.1. The van der Waals surface area contributed by atoms with Crippen LogP contribution >= 0.6 is 0 Å². The van der Waals surface area contributed by atoms with Crippen molar-refractivity contribution in [3.63, 3.8) is 0 Å². The largest absolute Gasteiger partial charge is 0.454 e. The van der Waals surface area contributed by atoms with Crippen molar-refractivity contribution in [2.75, 3.05) is 12.5 Å². The van der Waals surface area contributed by atoms with Crippen molar-refractivity contribution in [3.8, 4) is 17.2 Å². The second-order valence-corrected chi connectivity index (χ2v) is 4.84. The fraction of sp³-hybridized carbons (Fsp3) is 0.133. The Hall–Kier alpha value is -2.69. The first kappa shape index (κ1) is 11.2. The molecule has 1 aliphatic rings. The zero-order chi connectivity index (χ0) is 13.7. The number of nitrogens with two attached hydrogens (primary N) is 1. The van der Waals surface area contributed by atoms with Crippen LogP contribution in [0.1, 0.15) is 5.56 Å². The van der Waals surface area contributed by atoms with E-state index in [9.17, 15) is 0 Å². The van der Waals surface area contributed by atoms with Gasteiger partial charge in [-0.15, -0.1) is 0 Å². The Morgan fingerprint density at radius 1 is 1.10 bits per heavy atom. The molecule has 100 valence electrons. The summed E-state index contributed by atoms with van der Waals surface area (Å²) in [7, 11) is 0. The summed E-state index contributed by atoms with van der Waals surface area (Å²) in [6.07, 6.45) is 0. The molecule has 20 heavy (non-hydrogen) atoms. The van der Waals surface area contributed by atoms with Gasteiger partial charge >= 0.3 is 0 Å². The highest BCUT2D eigenvalue weighted by Crippen LogP contribution is 2.35. The van der Waals surface area contributed by atoms with Crippen LogP contribution in [-0.2, 0) is 0 Å². The number of imidazole rings is 1. The standard InChI is InChI=1S/C15H13N3O2/c1-9-2-4-11-12(6-9)18(15(16)17-11)10-3-5-13-14(7-10)20-8-19-13/h2-7H,8H2,1H3,(H2,16,17). The molecule has 4 rings (SSSR count). The molecule has 0 aliphatic carbocycles. The van der Waals surface area contributed by atoms with Crippen LogP contribution in [0.5, 0.6) is 11.5 Å². The highest BCUT2D eigenvalue weighted by molar-refractivity contribution is 5.81. The Labute approximate surface area is 115 Å². The van der Waals surface area contributed by atoms with E-state index in [4.69, 9.17) is 15.2 Å². The highest BCUT2D eigenvalue weighted by Gasteiger charge is 2.16. The lowest BCUT2D eigenvalue weighted by Crippen LogP contribution is -2.00. The maximum Gasteiger partial charge on any atom is 0.231 e. The van der Waals surface area contributed by atoms with Gasteiger partial charge in [0.05, 0.1) is 16.7 Å². The van der Waals surface area contributed by atoms with Gasteiger partial charge in [-0.1, -0.05) is 6.07 Å². The van der Waals surface area contributed by atoms with E-state index >= 15 is 0 Å². The first-order valence-electron chi connectivity index (χ1n) is 6.37. The van der Waals surface area contributed by atoms with Crippen molar-refractivity contribution in [1.82, 2.24) is 9.55 Å². The lowest BCUT2D eigenvalue weighted by Gasteiger charge is -2.07. The molecule has 0 amide bonds. The number of hydrogen-bond donors (Lipinski definition) is 1. The van der Waals surface area contributed by atoms with E-state index in [2.05, 4.69) is 11.1 Å². The van der Waals surface area contributed by atoms with Gasteiger partial charge in [0.15, 0.2) is 11.5 Å². The van der Waals surface area contributed by atoms with Crippen LogP contribution in [0.15, 0.2) is 36.4 Å². The van der Waals surface area contributed by atoms with E-state index in [1.165, 1.54) is 5.56 Å². The third-order valence-corrected chi connectivity index (χ3v) is 3.45. The summed E-state index contributed by atoms with van der Waals surface area (Å²) >= 11 is 0. The minimum Gasteiger partial charge on any atom is -0.454 e. The van der Waals surface area contributed by atoms with Crippen molar-refractivity contribution in [3.05, 3.63) is 42.0 Å². The van der Waals surface area contributed by atoms with Crippen molar-refractivity contribution in [2.24, 2.45) is 0 Å². The Morgan fingerprint density at radius 2 is 1.95 bits per heavy atom. The number of hydrogen-bond acceptors (Lipinski definition) is 4. The van der Waals surface area contributed by atoms with E-state index in [1.54, 1.807) is 0 Å². The molecular formula is C15H13N3O2. The van der Waals surface area contributed by atoms with Gasteiger partial charge in [-0.2, -0.15) is 0 Å². The third-order valence-electron chi connectivity index (χ3n) is 3.45. The second kappa shape index (κ2) is 3.90. The zero-order valence-corrected chi connectivity index (χ0v) is 11.0. The molecule has 0 saturated heterocycles. The number of benzene rings is 2. The van der Waals surface area contributed by atoms with Crippen LogP contribution in [-0.4, -0.2) is 16.3 Å². The Bertz CT molecular complexity index is 823. The summed E-state index contributed by atoms with van der Waals surface area (Å²) in [5.41, 5.74) is 10.0. The van der Waals surface area contributed by atoms with E-state index < -0.39 is 0 Å². The van der Waals surface area contributed by atoms with Gasteiger partial charge < -0.3 is 15.2 Å². The maximum atomic E-state index is 6.06. The number of aromatic nitrogens is 2. The molecule has 0 unspecified atom stereocenters. The van der Waals surface area contributed by atoms with Gasteiger partial charge in [-0.05, 0) is 36.8 Å². The highest BCUT2D eigenvalue weighted by atomic mass is 16.7. The monoisotopic (exact) mass is 267 g/mol. The SMILES string of the molecule is Cc1ccc2nc(N)n(-c3ccc4c(c3)OCO4)c2c1. The Balaban J connectivity index is 1.97. The van der Waals surface area contributed by atoms with E-state index in [0.29, 0.717) is 5.95 Å². The molecule has 3 aromatic rings. The molecule has 2 N–H and O–H groups in total. The third kappa shape index (κ3) is 1.53. The summed E-state index contributed by atoms with van der Waals surface area (Å²) < 4.78 is 12.7. The fourth-order valence-electron chi connectivity index (χ4n) is 2.50. The van der Waals surface area contributed by atoms with Gasteiger partial charge in [0.2, 0.25) is 12.7 Å². The number of rotatable bonds is 1. The molecule has 1 aliphatic heterocycles. The number of nitrogen functional groups attached to an aromatic ring is 1. The lowest BCUT2D eigenvalue weighted by molar-refractivity contribution is 0.174. The smallest absolute Gasteiger partial charge is 0.231 e. The predicted octanol–water partition coefficient (Wildman–Crippen LogP) is 2.64. The Kier molecular flexibility index (Phi) is 2.18. The summed E-state index contributed by atoms with van der Waals surface area (Å²) in [5, 5.41) is 0. The summed E-state index contributed by atoms with van der Waals surface area (Å²) in [4.78, 5) is 4.39. The number of ether oxygens (including phenoxy) is 2. The average molecular weight is 267 g/mol. The average Bonchev–Trinajstić information content (AvgIpc) is 3.00. The minimum atomic E-state index is 0.262. The summed E-state index contributed by atoms with van der Waals surface area (Å²) in [6.45, 7) is 2.31. The van der Waals surface area contributed by atoms with Gasteiger partial charge in [0.1, 0.15) is 0 Å². The van der Waals surface area contributed by atoms with Crippen LogP contribution < -0.4 is 15.2 Å². The second-order valence-electron chi connectivity index (χ2n) is 4.84. The molecule has 1 aromatic heterocycles. The van der Waals surface area contributed by atoms with Crippen LogP contribution in [0.3, 0.4) is 0 Å². The van der Waals surface area contributed by atoms with E-state index in [-0.39, 0.29) is 6.79 Å². The van der Waals surface area contributed by atoms with Crippen LogP contribution in [0.4, 0.5) is 5.95 Å². The first-order chi connectivity index (χ1) is 9.72. The summed E-state index contributed by atoms with van der Waals surface area (Å²) in [5.74, 6) is 1.95. The fourth-order valence-corrected chi connectivity index (χ4v) is 2.50. The number of fused-ring (bicyclic) bond motifs is 2. The summed E-state index contributed by atoms with van der Waals surface area (Å²) in [6, 6.07) is 11.8. The number of aryl methyl sites for hydroxylation is 1. The molecule has 2 aromatic carbocycles. The van der Waals surface area contributed by atoms with E-state index in [1.807, 2.05) is 41.8 Å². The van der Waals surface area contributed by atoms with Crippen molar-refractivity contribution >= 4 is 17.0 Å². The number of nitrogens with zero attached hydrogens (tertiary/aromatic N) is 2. The van der Waals surface area contributed by atoms with Crippen molar-refractivity contribution in [1.29, 1.82) is 0 Å². The zero-order valence-electron chi connectivity index (χ0n) is 11.0. The molecule has 0 radical (unpaired) electrons. The molecule has 5 nitrogen and oxygen atoms in total. The van der Waals surface area contributed by atoms with Gasteiger partial charge in [-0.3, -0.25) is 4.57 Å². The molecule has 0 atom stereocenters. The molecule has 0 fully saturated rings. The molecular weight excluding hydrogens is 254 g/mol. The van der Waals surface area contributed by atoms with E-state index in [0.717, 1.165) is 28.2 Å². The topological polar surface area (TPSA) is 62.3 Å². The maximum absolute atomic E-state index is 6.06. The predicted molar refractivity (Wildman–Crippen MR) is 76.3 cm³/mol. The van der Waals surface area contributed by atoms with Gasteiger partial charge in [0, 0.05) is 6.07 Å². The lowest BCUT2D eigenvalue weighted by atomic mass is 10.2. The molecule has 0 saturated carbocycles. The quantitative estimate of drug-likeness (QED) is 0.736. The van der Waals surface area contributed by atoms with Crippen molar-refractivity contribution in [2.45, 2.75) is 6.92 Å². The molecule has 0 spiro atoms. The molecule has 2 heterocycles. The van der Waals surface area contributed by atoms with Crippen molar-refractivity contribution < 1.29 is 9.47 Å².